The van der Waals surface area contributed by atoms with Crippen molar-refractivity contribution < 1.29 is 0 Å². The molecule has 2 aromatic carbocycles. The molecule has 0 saturated carbocycles. The van der Waals surface area contributed by atoms with Crippen LogP contribution in [0.3, 0.4) is 0 Å². The molecule has 0 atom stereocenters. The summed E-state index contributed by atoms with van der Waals surface area (Å²) in [6.45, 7) is 7.62. The smallest absolute Gasteiger partial charge is 0.00103 e. The summed E-state index contributed by atoms with van der Waals surface area (Å²) >= 11 is 0. The maximum atomic E-state index is 3.52. The second-order valence-corrected chi connectivity index (χ2v) is 5.64. The predicted octanol–water partition coefficient (Wildman–Crippen LogP) is 3.36. The van der Waals surface area contributed by atoms with Gasteiger partial charge in [0.15, 0.2) is 0 Å². The van der Waals surface area contributed by atoms with Crippen LogP contribution in [-0.4, -0.2) is 25.7 Å². The van der Waals surface area contributed by atoms with E-state index < -0.39 is 0 Å². The Hall–Kier alpha value is -1.38. The lowest BCUT2D eigenvalue weighted by Gasteiger charge is -2.09. The minimum atomic E-state index is 0.590. The molecule has 20 heavy (non-hydrogen) atoms. The van der Waals surface area contributed by atoms with Crippen LogP contribution in [0.2, 0.25) is 0 Å². The predicted molar refractivity (Wildman–Crippen MR) is 88.3 cm³/mol. The van der Waals surface area contributed by atoms with Gasteiger partial charge < -0.3 is 10.6 Å². The van der Waals surface area contributed by atoms with Crippen molar-refractivity contribution in [3.05, 3.63) is 48.0 Å². The van der Waals surface area contributed by atoms with E-state index in [1.807, 2.05) is 0 Å². The van der Waals surface area contributed by atoms with Crippen molar-refractivity contribution in [2.24, 2.45) is 0 Å². The Balaban J connectivity index is 1.68. The van der Waals surface area contributed by atoms with Gasteiger partial charge >= 0.3 is 0 Å². The first kappa shape index (κ1) is 15.0. The zero-order chi connectivity index (χ0) is 14.2. The molecule has 0 aliphatic rings. The fourth-order valence-electron chi connectivity index (χ4n) is 2.36. The highest BCUT2D eigenvalue weighted by Gasteiger charge is 1.97. The van der Waals surface area contributed by atoms with Gasteiger partial charge in [-0.15, -0.1) is 0 Å². The standard InChI is InChI=1S/C18H26N2/c1-15(2)20-12-5-11-19-13-10-16-8-9-17-6-3-4-7-18(17)14-16/h3-4,6-9,14-15,19-20H,5,10-13H2,1-2H3. The zero-order valence-electron chi connectivity index (χ0n) is 12.7. The summed E-state index contributed by atoms with van der Waals surface area (Å²) in [5, 5.41) is 9.61. The van der Waals surface area contributed by atoms with E-state index in [-0.39, 0.29) is 0 Å². The molecule has 2 nitrogen and oxygen atoms in total. The summed E-state index contributed by atoms with van der Waals surface area (Å²) in [5.74, 6) is 0. The molecule has 0 saturated heterocycles. The quantitative estimate of drug-likeness (QED) is 0.719. The summed E-state index contributed by atoms with van der Waals surface area (Å²) in [4.78, 5) is 0. The Morgan fingerprint density at radius 1 is 0.900 bits per heavy atom. The van der Waals surface area contributed by atoms with Crippen molar-refractivity contribution in [1.82, 2.24) is 10.6 Å². The highest BCUT2D eigenvalue weighted by Crippen LogP contribution is 2.15. The van der Waals surface area contributed by atoms with Gasteiger partial charge in [0.1, 0.15) is 0 Å². The first-order chi connectivity index (χ1) is 9.75. The van der Waals surface area contributed by atoms with Crippen molar-refractivity contribution >= 4 is 10.8 Å². The Labute approximate surface area is 122 Å². The molecule has 0 unspecified atom stereocenters. The molecule has 0 aliphatic heterocycles. The maximum Gasteiger partial charge on any atom is 0.00103 e. The second-order valence-electron chi connectivity index (χ2n) is 5.64. The second kappa shape index (κ2) is 8.03. The Morgan fingerprint density at radius 3 is 2.50 bits per heavy atom. The molecule has 0 aromatic heterocycles. The van der Waals surface area contributed by atoms with Crippen LogP contribution in [-0.2, 0) is 6.42 Å². The molecule has 0 radical (unpaired) electrons. The molecule has 0 aliphatic carbocycles. The van der Waals surface area contributed by atoms with Crippen LogP contribution in [0.5, 0.6) is 0 Å². The monoisotopic (exact) mass is 270 g/mol. The molecule has 0 amide bonds. The summed E-state index contributed by atoms with van der Waals surface area (Å²) in [7, 11) is 0. The topological polar surface area (TPSA) is 24.1 Å². The van der Waals surface area contributed by atoms with E-state index in [9.17, 15) is 0 Å². The molecular weight excluding hydrogens is 244 g/mol. The molecule has 2 heteroatoms. The number of nitrogens with one attached hydrogen (secondary N) is 2. The number of rotatable bonds is 8. The van der Waals surface area contributed by atoms with Gasteiger partial charge in [0.2, 0.25) is 0 Å². The Kier molecular flexibility index (Phi) is 6.03. The fraction of sp³-hybridized carbons (Fsp3) is 0.444. The molecule has 0 fully saturated rings. The van der Waals surface area contributed by atoms with E-state index in [0.717, 1.165) is 26.1 Å². The van der Waals surface area contributed by atoms with Crippen LogP contribution in [0.4, 0.5) is 0 Å². The van der Waals surface area contributed by atoms with Crippen LogP contribution in [0.25, 0.3) is 10.8 Å². The van der Waals surface area contributed by atoms with Crippen molar-refractivity contribution in [1.29, 1.82) is 0 Å². The zero-order valence-corrected chi connectivity index (χ0v) is 12.7. The first-order valence-corrected chi connectivity index (χ1v) is 7.67. The van der Waals surface area contributed by atoms with Crippen LogP contribution in [0.1, 0.15) is 25.8 Å². The van der Waals surface area contributed by atoms with Gasteiger partial charge in [-0.05, 0) is 48.8 Å². The van der Waals surface area contributed by atoms with E-state index in [2.05, 4.69) is 66.9 Å². The number of fused-ring (bicyclic) bond motifs is 1. The van der Waals surface area contributed by atoms with E-state index in [0.29, 0.717) is 6.04 Å². The lowest BCUT2D eigenvalue weighted by atomic mass is 10.1. The van der Waals surface area contributed by atoms with Gasteiger partial charge in [0.05, 0.1) is 0 Å². The van der Waals surface area contributed by atoms with E-state index in [1.54, 1.807) is 0 Å². The highest BCUT2D eigenvalue weighted by atomic mass is 14.9. The number of hydrogen-bond donors (Lipinski definition) is 2. The first-order valence-electron chi connectivity index (χ1n) is 7.67. The van der Waals surface area contributed by atoms with Crippen molar-refractivity contribution in [3.63, 3.8) is 0 Å². The molecule has 0 heterocycles. The van der Waals surface area contributed by atoms with Crippen LogP contribution < -0.4 is 10.6 Å². The van der Waals surface area contributed by atoms with Crippen LogP contribution in [0.15, 0.2) is 42.5 Å². The average molecular weight is 270 g/mol. The fourth-order valence-corrected chi connectivity index (χ4v) is 2.36. The maximum absolute atomic E-state index is 3.52. The number of benzene rings is 2. The molecule has 2 aromatic rings. The van der Waals surface area contributed by atoms with E-state index in [1.165, 1.54) is 22.8 Å². The molecule has 2 N–H and O–H groups in total. The third-order valence-corrected chi connectivity index (χ3v) is 3.49. The molecule has 0 bridgehead atoms. The molecular formula is C18H26N2. The van der Waals surface area contributed by atoms with Gasteiger partial charge in [0, 0.05) is 6.04 Å². The van der Waals surface area contributed by atoms with Crippen molar-refractivity contribution in [3.8, 4) is 0 Å². The van der Waals surface area contributed by atoms with E-state index >= 15 is 0 Å². The summed E-state index contributed by atoms with van der Waals surface area (Å²) in [6.07, 6.45) is 2.29. The lowest BCUT2D eigenvalue weighted by Crippen LogP contribution is -2.27. The van der Waals surface area contributed by atoms with Gasteiger partial charge in [-0.25, -0.2) is 0 Å². The normalized spacial score (nSPS) is 11.3. The lowest BCUT2D eigenvalue weighted by molar-refractivity contribution is 0.548. The van der Waals surface area contributed by atoms with Crippen LogP contribution in [0, 0.1) is 0 Å². The van der Waals surface area contributed by atoms with Gasteiger partial charge in [-0.3, -0.25) is 0 Å². The molecule has 108 valence electrons. The highest BCUT2D eigenvalue weighted by molar-refractivity contribution is 5.82. The Morgan fingerprint density at radius 2 is 1.70 bits per heavy atom. The third kappa shape index (κ3) is 4.95. The minimum Gasteiger partial charge on any atom is -0.316 e. The summed E-state index contributed by atoms with van der Waals surface area (Å²) in [6, 6.07) is 15.9. The van der Waals surface area contributed by atoms with Gasteiger partial charge in [0.25, 0.3) is 0 Å². The summed E-state index contributed by atoms with van der Waals surface area (Å²) in [5.41, 5.74) is 1.41. The average Bonchev–Trinajstić information content (AvgIpc) is 2.46. The van der Waals surface area contributed by atoms with Crippen molar-refractivity contribution in [2.75, 3.05) is 19.6 Å². The largest absolute Gasteiger partial charge is 0.316 e. The minimum absolute atomic E-state index is 0.590. The number of hydrogen-bond acceptors (Lipinski definition) is 2. The molecule has 2 rings (SSSR count). The Bertz CT molecular complexity index is 520. The third-order valence-electron chi connectivity index (χ3n) is 3.49. The van der Waals surface area contributed by atoms with Gasteiger partial charge in [-0.2, -0.15) is 0 Å². The molecule has 0 spiro atoms. The van der Waals surface area contributed by atoms with Gasteiger partial charge in [-0.1, -0.05) is 56.3 Å². The summed E-state index contributed by atoms with van der Waals surface area (Å²) < 4.78 is 0. The van der Waals surface area contributed by atoms with Crippen molar-refractivity contribution in [2.45, 2.75) is 32.7 Å². The van der Waals surface area contributed by atoms with E-state index in [4.69, 9.17) is 0 Å². The van der Waals surface area contributed by atoms with Crippen LogP contribution >= 0.6 is 0 Å². The SMILES string of the molecule is CC(C)NCCCNCCc1ccc2ccccc2c1.